The second kappa shape index (κ2) is 4.45. The van der Waals surface area contributed by atoms with Gasteiger partial charge in [-0.15, -0.1) is 0 Å². The van der Waals surface area contributed by atoms with Gasteiger partial charge in [0.05, 0.1) is 0 Å². The highest BCUT2D eigenvalue weighted by atomic mass is 14.7. The van der Waals surface area contributed by atoms with Gasteiger partial charge in [0.2, 0.25) is 0 Å². The van der Waals surface area contributed by atoms with Crippen molar-refractivity contribution in [3.63, 3.8) is 0 Å². The predicted molar refractivity (Wildman–Crippen MR) is 60.7 cm³/mol. The van der Waals surface area contributed by atoms with Crippen LogP contribution < -0.4 is 5.73 Å². The molecule has 2 N–H and O–H groups in total. The van der Waals surface area contributed by atoms with Crippen LogP contribution >= 0.6 is 0 Å². The maximum absolute atomic E-state index is 6.07. The zero-order valence-electron chi connectivity index (χ0n) is 10.3. The fourth-order valence-electron chi connectivity index (χ4n) is 2.71. The Bertz CT molecular complexity index is 138. The summed E-state index contributed by atoms with van der Waals surface area (Å²) in [6, 6.07) is 0. The average Bonchev–Trinajstić information content (AvgIpc) is 1.83. The van der Waals surface area contributed by atoms with Crippen LogP contribution in [0.4, 0.5) is 0 Å². The van der Waals surface area contributed by atoms with Crippen LogP contribution in [-0.2, 0) is 0 Å². The predicted octanol–water partition coefficient (Wildman–Crippen LogP) is 3.58. The summed E-state index contributed by atoms with van der Waals surface area (Å²) in [6.45, 7) is 13.5. The van der Waals surface area contributed by atoms with Crippen molar-refractivity contribution in [1.29, 1.82) is 0 Å². The van der Waals surface area contributed by atoms with Crippen LogP contribution in [0.15, 0.2) is 0 Å². The smallest absolute Gasteiger partial charge is 0.0102 e. The van der Waals surface area contributed by atoms with Gasteiger partial charge in [0, 0.05) is 5.54 Å². The molecular formula is C12H27N. The van der Waals surface area contributed by atoms with Gasteiger partial charge in [-0.05, 0) is 31.6 Å². The van der Waals surface area contributed by atoms with Crippen LogP contribution in [0.2, 0.25) is 0 Å². The normalized spacial score (nSPS) is 13.8. The standard InChI is InChI=1S/C12H27N/c1-7-10(8-2)11(3,4)9-12(5,6)13/h10H,7-9,13H2,1-6H3. The van der Waals surface area contributed by atoms with Crippen molar-refractivity contribution in [2.75, 3.05) is 0 Å². The summed E-state index contributed by atoms with van der Waals surface area (Å²) in [5.41, 5.74) is 6.41. The lowest BCUT2D eigenvalue weighted by Gasteiger charge is -2.38. The molecule has 0 amide bonds. The molecular weight excluding hydrogens is 158 g/mol. The lowest BCUT2D eigenvalue weighted by atomic mass is 9.69. The lowest BCUT2D eigenvalue weighted by molar-refractivity contribution is 0.148. The Labute approximate surface area is 84.1 Å². The zero-order valence-corrected chi connectivity index (χ0v) is 10.3. The Morgan fingerprint density at radius 1 is 1.00 bits per heavy atom. The summed E-state index contributed by atoms with van der Waals surface area (Å²) in [4.78, 5) is 0. The molecule has 1 nitrogen and oxygen atoms in total. The highest BCUT2D eigenvalue weighted by molar-refractivity contribution is 4.85. The van der Waals surface area contributed by atoms with Crippen molar-refractivity contribution in [3.05, 3.63) is 0 Å². The van der Waals surface area contributed by atoms with E-state index in [-0.39, 0.29) is 5.54 Å². The van der Waals surface area contributed by atoms with E-state index in [0.29, 0.717) is 5.41 Å². The molecule has 0 unspecified atom stereocenters. The van der Waals surface area contributed by atoms with Crippen molar-refractivity contribution < 1.29 is 0 Å². The minimum absolute atomic E-state index is 0.0356. The summed E-state index contributed by atoms with van der Waals surface area (Å²) in [5.74, 6) is 0.801. The van der Waals surface area contributed by atoms with Gasteiger partial charge in [-0.3, -0.25) is 0 Å². The molecule has 13 heavy (non-hydrogen) atoms. The molecule has 0 atom stereocenters. The monoisotopic (exact) mass is 185 g/mol. The van der Waals surface area contributed by atoms with Crippen molar-refractivity contribution in [1.82, 2.24) is 0 Å². The Kier molecular flexibility index (Phi) is 4.44. The molecule has 0 aromatic heterocycles. The lowest BCUT2D eigenvalue weighted by Crippen LogP contribution is -2.40. The highest BCUT2D eigenvalue weighted by Crippen LogP contribution is 2.38. The number of nitrogens with two attached hydrogens (primary N) is 1. The van der Waals surface area contributed by atoms with E-state index in [2.05, 4.69) is 41.5 Å². The second-order valence-electron chi connectivity index (χ2n) is 5.67. The summed E-state index contributed by atoms with van der Waals surface area (Å²) >= 11 is 0. The quantitative estimate of drug-likeness (QED) is 0.696. The molecule has 0 aromatic carbocycles. The number of hydrogen-bond acceptors (Lipinski definition) is 1. The van der Waals surface area contributed by atoms with Crippen LogP contribution in [0, 0.1) is 11.3 Å². The molecule has 1 heteroatoms. The van der Waals surface area contributed by atoms with Gasteiger partial charge in [0.15, 0.2) is 0 Å². The first kappa shape index (κ1) is 13.0. The van der Waals surface area contributed by atoms with Gasteiger partial charge >= 0.3 is 0 Å². The van der Waals surface area contributed by atoms with E-state index in [1.54, 1.807) is 0 Å². The summed E-state index contributed by atoms with van der Waals surface area (Å²) < 4.78 is 0. The topological polar surface area (TPSA) is 26.0 Å². The minimum Gasteiger partial charge on any atom is -0.326 e. The molecule has 0 radical (unpaired) electrons. The maximum atomic E-state index is 6.07. The zero-order chi connectivity index (χ0) is 10.7. The van der Waals surface area contributed by atoms with Gasteiger partial charge in [-0.1, -0.05) is 40.5 Å². The molecule has 0 aromatic rings. The Morgan fingerprint density at radius 2 is 1.38 bits per heavy atom. The fraction of sp³-hybridized carbons (Fsp3) is 1.00. The van der Waals surface area contributed by atoms with Crippen LogP contribution in [0.25, 0.3) is 0 Å². The van der Waals surface area contributed by atoms with Gasteiger partial charge in [0.1, 0.15) is 0 Å². The van der Waals surface area contributed by atoms with Crippen LogP contribution in [0.5, 0.6) is 0 Å². The SMILES string of the molecule is CCC(CC)C(C)(C)CC(C)(C)N. The van der Waals surface area contributed by atoms with E-state index in [1.807, 2.05) is 0 Å². The first-order valence-electron chi connectivity index (χ1n) is 5.52. The van der Waals surface area contributed by atoms with Crippen LogP contribution in [-0.4, -0.2) is 5.54 Å². The third-order valence-corrected chi connectivity index (χ3v) is 3.00. The van der Waals surface area contributed by atoms with E-state index >= 15 is 0 Å². The van der Waals surface area contributed by atoms with Gasteiger partial charge in [0.25, 0.3) is 0 Å². The van der Waals surface area contributed by atoms with Gasteiger partial charge < -0.3 is 5.73 Å². The summed E-state index contributed by atoms with van der Waals surface area (Å²) in [5, 5.41) is 0. The van der Waals surface area contributed by atoms with Crippen molar-refractivity contribution >= 4 is 0 Å². The van der Waals surface area contributed by atoms with Crippen molar-refractivity contribution in [2.45, 2.75) is 66.3 Å². The van der Waals surface area contributed by atoms with Gasteiger partial charge in [-0.2, -0.15) is 0 Å². The van der Waals surface area contributed by atoms with E-state index in [0.717, 1.165) is 12.3 Å². The second-order valence-corrected chi connectivity index (χ2v) is 5.67. The van der Waals surface area contributed by atoms with Crippen molar-refractivity contribution in [2.24, 2.45) is 17.1 Å². The fourth-order valence-corrected chi connectivity index (χ4v) is 2.71. The molecule has 0 aliphatic heterocycles. The first-order valence-corrected chi connectivity index (χ1v) is 5.52. The molecule has 0 rings (SSSR count). The molecule has 0 saturated carbocycles. The molecule has 0 fully saturated rings. The molecule has 0 aliphatic rings. The third kappa shape index (κ3) is 4.66. The van der Waals surface area contributed by atoms with E-state index < -0.39 is 0 Å². The first-order chi connectivity index (χ1) is 5.73. The number of hydrogen-bond donors (Lipinski definition) is 1. The maximum Gasteiger partial charge on any atom is 0.0102 e. The molecule has 0 aliphatic carbocycles. The minimum atomic E-state index is -0.0356. The van der Waals surface area contributed by atoms with Gasteiger partial charge in [-0.25, -0.2) is 0 Å². The van der Waals surface area contributed by atoms with E-state index in [1.165, 1.54) is 12.8 Å². The Hall–Kier alpha value is -0.0400. The largest absolute Gasteiger partial charge is 0.326 e. The molecule has 80 valence electrons. The molecule has 0 bridgehead atoms. The van der Waals surface area contributed by atoms with E-state index in [9.17, 15) is 0 Å². The molecule has 0 heterocycles. The Balaban J connectivity index is 4.36. The van der Waals surface area contributed by atoms with Crippen LogP contribution in [0.3, 0.4) is 0 Å². The Morgan fingerprint density at radius 3 is 1.62 bits per heavy atom. The highest BCUT2D eigenvalue weighted by Gasteiger charge is 2.31. The third-order valence-electron chi connectivity index (χ3n) is 3.00. The summed E-state index contributed by atoms with van der Waals surface area (Å²) in [7, 11) is 0. The number of rotatable bonds is 5. The van der Waals surface area contributed by atoms with Crippen molar-refractivity contribution in [3.8, 4) is 0 Å². The average molecular weight is 185 g/mol. The van der Waals surface area contributed by atoms with E-state index in [4.69, 9.17) is 5.73 Å². The molecule has 0 spiro atoms. The molecule has 0 saturated heterocycles. The van der Waals surface area contributed by atoms with Crippen LogP contribution in [0.1, 0.15) is 60.8 Å². The summed E-state index contributed by atoms with van der Waals surface area (Å²) in [6.07, 6.45) is 3.63.